The third-order valence-electron chi connectivity index (χ3n) is 4.03. The molecule has 0 aliphatic carbocycles. The first-order valence-corrected chi connectivity index (χ1v) is 11.2. The van der Waals surface area contributed by atoms with Gasteiger partial charge in [-0.2, -0.15) is 0 Å². The van der Waals surface area contributed by atoms with Gasteiger partial charge in [-0.25, -0.2) is 17.8 Å². The van der Waals surface area contributed by atoms with Crippen molar-refractivity contribution in [3.63, 3.8) is 0 Å². The average molecular weight is 407 g/mol. The fourth-order valence-electron chi connectivity index (χ4n) is 2.74. The van der Waals surface area contributed by atoms with Gasteiger partial charge in [0.05, 0.1) is 4.90 Å². The quantitative estimate of drug-likeness (QED) is 0.463. The smallest absolute Gasteiger partial charge is 0.264 e. The van der Waals surface area contributed by atoms with Gasteiger partial charge >= 0.3 is 0 Å². The number of hydrogen-bond donors (Lipinski definition) is 0. The lowest BCUT2D eigenvalue weighted by molar-refractivity contribution is 0.568. The molecule has 0 fully saturated rings. The maximum atomic E-state index is 13.2. The minimum Gasteiger partial charge on any atom is -0.610 e. The molecule has 0 spiro atoms. The number of sulfone groups is 1. The van der Waals surface area contributed by atoms with Crippen molar-refractivity contribution in [3.05, 3.63) is 60.4 Å². The van der Waals surface area contributed by atoms with Crippen LogP contribution in [0.25, 0.3) is 11.4 Å². The molecule has 0 aliphatic rings. The number of halogens is 1. The molecular weight excluding hydrogens is 387 g/mol. The highest BCUT2D eigenvalue weighted by Crippen LogP contribution is 2.32. The topological polar surface area (TPSA) is 75.0 Å². The van der Waals surface area contributed by atoms with Gasteiger partial charge < -0.3 is 4.55 Å². The first-order chi connectivity index (χ1) is 12.9. The second-order valence-electron chi connectivity index (χ2n) is 5.98. The first-order valence-electron chi connectivity index (χ1n) is 8.37. The van der Waals surface area contributed by atoms with Crippen LogP contribution in [-0.4, -0.2) is 28.3 Å². The van der Waals surface area contributed by atoms with Gasteiger partial charge in [0.2, 0.25) is 14.9 Å². The summed E-state index contributed by atoms with van der Waals surface area (Å²) in [5.41, 5.74) is 0.718. The van der Waals surface area contributed by atoms with Gasteiger partial charge in [-0.15, -0.1) is 0 Å². The Labute approximate surface area is 161 Å². The Morgan fingerprint density at radius 1 is 1.11 bits per heavy atom. The molecule has 0 aliphatic heterocycles. The van der Waals surface area contributed by atoms with Crippen LogP contribution >= 0.6 is 0 Å². The number of aromatic nitrogens is 2. The molecule has 3 rings (SSSR count). The van der Waals surface area contributed by atoms with Crippen LogP contribution in [0.5, 0.6) is 0 Å². The van der Waals surface area contributed by atoms with E-state index in [1.807, 2.05) is 37.3 Å². The van der Waals surface area contributed by atoms with Gasteiger partial charge in [-0.05, 0) is 30.7 Å². The Bertz CT molecular complexity index is 1030. The SMILES string of the molecule is CCC[S+]([O-])c1c(S(=O)(=O)c2ccc(F)cc2)nc(-c2ccccc2)n1C. The number of imidazole rings is 1. The molecule has 5 nitrogen and oxygen atoms in total. The Balaban J connectivity index is 2.23. The van der Waals surface area contributed by atoms with E-state index in [0.29, 0.717) is 18.0 Å². The number of benzene rings is 2. The highest BCUT2D eigenvalue weighted by molar-refractivity contribution is 7.94. The molecular formula is C19H19FN2O3S2. The minimum absolute atomic E-state index is 0.0867. The molecule has 3 aromatic rings. The zero-order valence-electron chi connectivity index (χ0n) is 14.9. The molecule has 1 unspecified atom stereocenters. The maximum Gasteiger partial charge on any atom is 0.264 e. The fraction of sp³-hybridized carbons (Fsp3) is 0.211. The minimum atomic E-state index is -4.05. The predicted molar refractivity (Wildman–Crippen MR) is 102 cm³/mol. The third kappa shape index (κ3) is 3.78. The Morgan fingerprint density at radius 2 is 1.74 bits per heavy atom. The number of rotatable bonds is 6. The van der Waals surface area contributed by atoms with Crippen LogP contribution in [0.4, 0.5) is 4.39 Å². The normalized spacial score (nSPS) is 12.9. The third-order valence-corrected chi connectivity index (χ3v) is 7.52. The largest absolute Gasteiger partial charge is 0.610 e. The van der Waals surface area contributed by atoms with Crippen LogP contribution in [0.3, 0.4) is 0 Å². The molecule has 142 valence electrons. The second-order valence-corrected chi connectivity index (χ2v) is 9.33. The zero-order valence-corrected chi connectivity index (χ0v) is 16.6. The Morgan fingerprint density at radius 3 is 2.33 bits per heavy atom. The summed E-state index contributed by atoms with van der Waals surface area (Å²) in [7, 11) is -2.40. The number of nitrogens with zero attached hydrogens (tertiary/aromatic N) is 2. The second kappa shape index (κ2) is 7.84. The van der Waals surface area contributed by atoms with E-state index in [4.69, 9.17) is 0 Å². The van der Waals surface area contributed by atoms with Gasteiger partial charge in [0.25, 0.3) is 5.03 Å². The van der Waals surface area contributed by atoms with Crippen molar-refractivity contribution < 1.29 is 17.4 Å². The van der Waals surface area contributed by atoms with E-state index in [1.54, 1.807) is 11.6 Å². The monoisotopic (exact) mass is 406 g/mol. The summed E-state index contributed by atoms with van der Waals surface area (Å²) in [6.45, 7) is 1.88. The van der Waals surface area contributed by atoms with E-state index < -0.39 is 26.8 Å². The van der Waals surface area contributed by atoms with Gasteiger partial charge in [0, 0.05) is 23.8 Å². The fourth-order valence-corrected chi connectivity index (χ4v) is 5.83. The van der Waals surface area contributed by atoms with Gasteiger partial charge in [0.1, 0.15) is 17.4 Å². The molecule has 1 heterocycles. The molecule has 0 saturated heterocycles. The van der Waals surface area contributed by atoms with E-state index in [1.165, 1.54) is 12.1 Å². The van der Waals surface area contributed by atoms with Crippen LogP contribution in [0, 0.1) is 5.82 Å². The summed E-state index contributed by atoms with van der Waals surface area (Å²) in [6, 6.07) is 13.6. The van der Waals surface area contributed by atoms with Gasteiger partial charge in [-0.1, -0.05) is 37.3 Å². The van der Waals surface area contributed by atoms with E-state index in [2.05, 4.69) is 4.98 Å². The van der Waals surface area contributed by atoms with E-state index in [0.717, 1.165) is 17.7 Å². The lowest BCUT2D eigenvalue weighted by Crippen LogP contribution is -2.15. The van der Waals surface area contributed by atoms with Crippen LogP contribution in [0.15, 0.2) is 69.5 Å². The molecule has 2 aromatic carbocycles. The molecule has 0 radical (unpaired) electrons. The molecule has 1 atom stereocenters. The molecule has 1 aromatic heterocycles. The zero-order chi connectivity index (χ0) is 19.6. The molecule has 27 heavy (non-hydrogen) atoms. The van der Waals surface area contributed by atoms with E-state index >= 15 is 0 Å². The van der Waals surface area contributed by atoms with Crippen LogP contribution in [0.2, 0.25) is 0 Å². The first kappa shape index (κ1) is 19.6. The lowest BCUT2D eigenvalue weighted by atomic mass is 10.2. The standard InChI is InChI=1S/C19H19FN2O3S2/c1-3-13-26(23)19-18(27(24,25)16-11-9-15(20)10-12-16)21-17(22(19)2)14-7-5-4-6-8-14/h4-12H,3,13H2,1-2H3. The highest BCUT2D eigenvalue weighted by Gasteiger charge is 2.34. The van der Waals surface area contributed by atoms with Crippen molar-refractivity contribution in [2.45, 2.75) is 28.3 Å². The molecule has 0 N–H and O–H groups in total. The summed E-state index contributed by atoms with van der Waals surface area (Å²) in [6.07, 6.45) is 0.633. The summed E-state index contributed by atoms with van der Waals surface area (Å²) in [4.78, 5) is 4.26. The van der Waals surface area contributed by atoms with Crippen LogP contribution in [-0.2, 0) is 28.1 Å². The van der Waals surface area contributed by atoms with Crippen molar-refractivity contribution >= 4 is 21.0 Å². The van der Waals surface area contributed by atoms with Gasteiger partial charge in [0.15, 0.2) is 0 Å². The Kier molecular flexibility index (Phi) is 5.69. The molecule has 8 heteroatoms. The summed E-state index contributed by atoms with van der Waals surface area (Å²) >= 11 is -1.54. The van der Waals surface area contributed by atoms with Crippen LogP contribution in [0.1, 0.15) is 13.3 Å². The summed E-state index contributed by atoms with van der Waals surface area (Å²) < 4.78 is 53.8. The van der Waals surface area contributed by atoms with Crippen LogP contribution < -0.4 is 0 Å². The molecule has 0 bridgehead atoms. The van der Waals surface area contributed by atoms with Crippen molar-refractivity contribution in [2.24, 2.45) is 7.05 Å². The van der Waals surface area contributed by atoms with Crippen molar-refractivity contribution in [2.75, 3.05) is 5.75 Å². The summed E-state index contributed by atoms with van der Waals surface area (Å²) in [5.74, 6) is 0.199. The number of hydrogen-bond acceptors (Lipinski definition) is 4. The van der Waals surface area contributed by atoms with E-state index in [9.17, 15) is 17.4 Å². The molecule has 0 amide bonds. The Hall–Kier alpha value is -2.16. The summed E-state index contributed by atoms with van der Waals surface area (Å²) in [5, 5.41) is -0.0951. The highest BCUT2D eigenvalue weighted by atomic mass is 32.2. The van der Waals surface area contributed by atoms with Crippen molar-refractivity contribution in [1.29, 1.82) is 0 Å². The molecule has 0 saturated carbocycles. The average Bonchev–Trinajstić information content (AvgIpc) is 3.01. The lowest BCUT2D eigenvalue weighted by Gasteiger charge is -2.12. The maximum absolute atomic E-state index is 13.2. The predicted octanol–water partition coefficient (Wildman–Crippen LogP) is 3.58. The van der Waals surface area contributed by atoms with E-state index in [-0.39, 0.29) is 14.9 Å². The van der Waals surface area contributed by atoms with Gasteiger partial charge in [-0.3, -0.25) is 4.57 Å². The van der Waals surface area contributed by atoms with Crippen molar-refractivity contribution in [1.82, 2.24) is 9.55 Å². The van der Waals surface area contributed by atoms with Crippen molar-refractivity contribution in [3.8, 4) is 11.4 Å².